The van der Waals surface area contributed by atoms with E-state index in [0.29, 0.717) is 25.7 Å². The van der Waals surface area contributed by atoms with Crippen LogP contribution < -0.4 is 0 Å². The van der Waals surface area contributed by atoms with Crippen LogP contribution in [0, 0.1) is 0 Å². The smallest absolute Gasteiger partial charge is 0.462 e. The fraction of sp³-hybridized carbons (Fsp3) is 0.609. The second-order valence-corrected chi connectivity index (χ2v) is 15.3. The number of ether oxygens (including phenoxy) is 2. The monoisotopic (exact) mass is 835 g/mol. The summed E-state index contributed by atoms with van der Waals surface area (Å²) in [6.45, 7) is 2.00. The molecule has 0 rings (SSSR count). The molecule has 0 saturated heterocycles. The molecule has 4 N–H and O–H groups in total. The maximum Gasteiger partial charge on any atom is 0.472 e. The Hall–Kier alpha value is -3.15. The summed E-state index contributed by atoms with van der Waals surface area (Å²) in [4.78, 5) is 34.9. The van der Waals surface area contributed by atoms with Gasteiger partial charge in [-0.1, -0.05) is 143 Å². The third-order valence-electron chi connectivity index (χ3n) is 8.32. The zero-order valence-corrected chi connectivity index (χ0v) is 36.2. The molecule has 0 aliphatic carbocycles. The lowest BCUT2D eigenvalue weighted by Gasteiger charge is -2.20. The molecule has 0 amide bonds. The van der Waals surface area contributed by atoms with Gasteiger partial charge in [-0.3, -0.25) is 18.6 Å². The van der Waals surface area contributed by atoms with Crippen LogP contribution in [-0.2, 0) is 32.7 Å². The highest BCUT2D eigenvalue weighted by Gasteiger charge is 2.27. The molecule has 0 heterocycles. The SMILES string of the molecule is CC/C=C\CC(O)/C=C/C=C/C/C=C\C/C=C\C/C=C\CCC(=O)OC[C@H](COP(=O)(O)OC[C@@H](O)CO)OC(=O)CCCCCCC/C=C\C/C=C\CCCCC. The number of unbranched alkanes of at least 4 members (excludes halogenated alkanes) is 8. The van der Waals surface area contributed by atoms with E-state index < -0.39 is 57.9 Å². The van der Waals surface area contributed by atoms with Crippen LogP contribution >= 0.6 is 7.82 Å². The summed E-state index contributed by atoms with van der Waals surface area (Å²) in [6, 6.07) is 0. The molecule has 0 aliphatic heterocycles. The number of allylic oxidation sites excluding steroid dienone is 14. The average Bonchev–Trinajstić information content (AvgIpc) is 3.20. The lowest BCUT2D eigenvalue weighted by atomic mass is 10.1. The summed E-state index contributed by atoms with van der Waals surface area (Å²) in [6.07, 6.45) is 45.7. The summed E-state index contributed by atoms with van der Waals surface area (Å²) < 4.78 is 32.6. The van der Waals surface area contributed by atoms with Gasteiger partial charge < -0.3 is 29.7 Å². The number of phosphoric acid groups is 1. The highest BCUT2D eigenvalue weighted by molar-refractivity contribution is 7.47. The number of carbonyl (C=O) groups is 2. The maximum atomic E-state index is 12.6. The van der Waals surface area contributed by atoms with Gasteiger partial charge >= 0.3 is 19.8 Å². The normalized spacial score (nSPS) is 15.3. The van der Waals surface area contributed by atoms with E-state index in [1.807, 2.05) is 48.6 Å². The van der Waals surface area contributed by atoms with Gasteiger partial charge in [-0.25, -0.2) is 4.57 Å². The van der Waals surface area contributed by atoms with Gasteiger partial charge in [0, 0.05) is 12.8 Å². The van der Waals surface area contributed by atoms with Crippen molar-refractivity contribution >= 4 is 19.8 Å². The number of aliphatic hydroxyl groups excluding tert-OH is 3. The van der Waals surface area contributed by atoms with Crippen LogP contribution in [0.15, 0.2) is 97.2 Å². The van der Waals surface area contributed by atoms with Crippen molar-refractivity contribution in [3.05, 3.63) is 97.2 Å². The van der Waals surface area contributed by atoms with E-state index in [2.05, 4.69) is 60.9 Å². The van der Waals surface area contributed by atoms with Gasteiger partial charge in [0.25, 0.3) is 0 Å². The van der Waals surface area contributed by atoms with Gasteiger partial charge in [0.1, 0.15) is 12.7 Å². The quantitative estimate of drug-likeness (QED) is 0.0154. The molecule has 0 aromatic carbocycles. The molecule has 4 atom stereocenters. The summed E-state index contributed by atoms with van der Waals surface area (Å²) in [5.74, 6) is -1.07. The average molecular weight is 835 g/mol. The second kappa shape index (κ2) is 40.6. The van der Waals surface area contributed by atoms with Crippen LogP contribution in [0.3, 0.4) is 0 Å². The van der Waals surface area contributed by atoms with E-state index in [1.165, 1.54) is 19.3 Å². The Morgan fingerprint density at radius 3 is 1.81 bits per heavy atom. The van der Waals surface area contributed by atoms with Crippen molar-refractivity contribution in [3.8, 4) is 0 Å². The van der Waals surface area contributed by atoms with Crippen molar-refractivity contribution in [2.45, 2.75) is 154 Å². The minimum Gasteiger partial charge on any atom is -0.462 e. The first-order valence-electron chi connectivity index (χ1n) is 21.3. The minimum absolute atomic E-state index is 0.0919. The Morgan fingerprint density at radius 1 is 0.603 bits per heavy atom. The first kappa shape index (κ1) is 54.9. The zero-order valence-electron chi connectivity index (χ0n) is 35.3. The van der Waals surface area contributed by atoms with E-state index in [9.17, 15) is 29.3 Å². The molecule has 330 valence electrons. The number of aliphatic hydroxyl groups is 3. The highest BCUT2D eigenvalue weighted by Crippen LogP contribution is 2.43. The van der Waals surface area contributed by atoms with Gasteiger partial charge in [-0.05, 0) is 77.0 Å². The van der Waals surface area contributed by atoms with Crippen molar-refractivity contribution in [1.29, 1.82) is 0 Å². The third kappa shape index (κ3) is 39.7. The Labute approximate surface area is 349 Å². The van der Waals surface area contributed by atoms with Crippen molar-refractivity contribution in [3.63, 3.8) is 0 Å². The summed E-state index contributed by atoms with van der Waals surface area (Å²) in [5, 5.41) is 28.1. The van der Waals surface area contributed by atoms with Crippen LogP contribution in [0.5, 0.6) is 0 Å². The molecule has 0 radical (unpaired) electrons. The first-order chi connectivity index (χ1) is 28.1. The molecule has 11 nitrogen and oxygen atoms in total. The summed E-state index contributed by atoms with van der Waals surface area (Å²) in [5.41, 5.74) is 0. The Kier molecular flexibility index (Phi) is 38.4. The molecular weight excluding hydrogens is 759 g/mol. The van der Waals surface area contributed by atoms with E-state index in [1.54, 1.807) is 6.08 Å². The fourth-order valence-corrected chi connectivity index (χ4v) is 5.80. The molecule has 0 bridgehead atoms. The van der Waals surface area contributed by atoms with Gasteiger partial charge in [0.05, 0.1) is 25.9 Å². The van der Waals surface area contributed by atoms with Gasteiger partial charge in [-0.2, -0.15) is 0 Å². The largest absolute Gasteiger partial charge is 0.472 e. The Morgan fingerprint density at radius 2 is 1.17 bits per heavy atom. The lowest BCUT2D eigenvalue weighted by Crippen LogP contribution is -2.29. The molecule has 0 aliphatic rings. The van der Waals surface area contributed by atoms with Crippen molar-refractivity contribution in [2.24, 2.45) is 0 Å². The second-order valence-electron chi connectivity index (χ2n) is 13.8. The van der Waals surface area contributed by atoms with E-state index in [-0.39, 0.29) is 19.4 Å². The van der Waals surface area contributed by atoms with Crippen LogP contribution in [0.2, 0.25) is 0 Å². The molecule has 0 spiro atoms. The number of rotatable bonds is 38. The van der Waals surface area contributed by atoms with Crippen LogP contribution in [0.25, 0.3) is 0 Å². The van der Waals surface area contributed by atoms with Crippen molar-refractivity contribution in [1.82, 2.24) is 0 Å². The third-order valence-corrected chi connectivity index (χ3v) is 9.27. The lowest BCUT2D eigenvalue weighted by molar-refractivity contribution is -0.161. The molecule has 0 saturated carbocycles. The molecular formula is C46H75O11P. The molecule has 58 heavy (non-hydrogen) atoms. The topological polar surface area (TPSA) is 169 Å². The zero-order chi connectivity index (χ0) is 42.8. The van der Waals surface area contributed by atoms with Gasteiger partial charge in [0.2, 0.25) is 0 Å². The summed E-state index contributed by atoms with van der Waals surface area (Å²) >= 11 is 0. The molecule has 0 aromatic rings. The van der Waals surface area contributed by atoms with Crippen LogP contribution in [0.4, 0.5) is 0 Å². The summed E-state index contributed by atoms with van der Waals surface area (Å²) in [7, 11) is -4.65. The number of hydrogen-bond donors (Lipinski definition) is 4. The predicted molar refractivity (Wildman–Crippen MR) is 234 cm³/mol. The van der Waals surface area contributed by atoms with Gasteiger partial charge in [-0.15, -0.1) is 0 Å². The van der Waals surface area contributed by atoms with Crippen molar-refractivity contribution in [2.75, 3.05) is 26.4 Å². The number of phosphoric ester groups is 1. The maximum absolute atomic E-state index is 12.6. The predicted octanol–water partition coefficient (Wildman–Crippen LogP) is 10.2. The Balaban J connectivity index is 4.51. The van der Waals surface area contributed by atoms with Crippen molar-refractivity contribution < 1.29 is 52.9 Å². The van der Waals surface area contributed by atoms with Crippen LogP contribution in [-0.4, -0.2) is 76.9 Å². The number of hydrogen-bond acceptors (Lipinski definition) is 10. The number of carbonyl (C=O) groups excluding carboxylic acids is 2. The minimum atomic E-state index is -4.65. The molecule has 2 unspecified atom stereocenters. The molecule has 0 fully saturated rings. The molecule has 0 aromatic heterocycles. The first-order valence-corrected chi connectivity index (χ1v) is 22.8. The van der Waals surface area contributed by atoms with E-state index in [4.69, 9.17) is 19.1 Å². The van der Waals surface area contributed by atoms with Crippen LogP contribution in [0.1, 0.15) is 136 Å². The standard InChI is InChI=1S/C46H75O11P/c1-3-5-7-8-9-10-11-12-13-16-20-23-26-29-33-37-46(51)57-44(41-56-58(52,53)55-39-43(49)38-47)40-54-45(50)36-32-28-25-22-19-17-14-15-18-21-24-27-31-35-42(48)34-30-6-4-2/h6,9-10,12-13,15,17-19,24-25,27-28,30-31,35,42-44,47-49H,3-5,7-8,11,14,16,20-23,26,29,32-34,36-41H2,1-2H3,(H,52,53)/b10-9-,13-12-,18-15-,19-17-,27-24+,28-25-,30-6-,35-31+/t42?,43-,44+/m0/s1. The van der Waals surface area contributed by atoms with E-state index >= 15 is 0 Å². The highest BCUT2D eigenvalue weighted by atomic mass is 31.2. The Bertz CT molecular complexity index is 1300. The van der Waals surface area contributed by atoms with Gasteiger partial charge in [0.15, 0.2) is 6.10 Å². The molecule has 12 heteroatoms. The van der Waals surface area contributed by atoms with E-state index in [0.717, 1.165) is 64.2 Å². The fourth-order valence-electron chi connectivity index (χ4n) is 5.01. The number of esters is 2.